The molecule has 3 rings (SSSR count). The van der Waals surface area contributed by atoms with E-state index in [4.69, 9.17) is 5.11 Å². The van der Waals surface area contributed by atoms with Crippen LogP contribution in [0.2, 0.25) is 0 Å². The normalized spacial score (nSPS) is 14.8. The molecule has 1 aliphatic rings. The Morgan fingerprint density at radius 3 is 2.62 bits per heavy atom. The molecule has 1 unspecified atom stereocenters. The van der Waals surface area contributed by atoms with Gasteiger partial charge in [-0.1, -0.05) is 42.1 Å². The molecule has 2 aromatic rings. The van der Waals surface area contributed by atoms with Gasteiger partial charge in [-0.05, 0) is 25.3 Å². The van der Waals surface area contributed by atoms with Gasteiger partial charge >= 0.3 is 5.97 Å². The fourth-order valence-electron chi connectivity index (χ4n) is 2.57. The molecular formula is C18H22N4O3S. The minimum absolute atomic E-state index is 0.131. The van der Waals surface area contributed by atoms with Crippen molar-refractivity contribution in [1.82, 2.24) is 19.7 Å². The zero-order valence-electron chi connectivity index (χ0n) is 14.8. The third kappa shape index (κ3) is 4.24. The molecule has 1 atom stereocenters. The topological polar surface area (TPSA) is 88.3 Å². The summed E-state index contributed by atoms with van der Waals surface area (Å²) < 4.78 is 2.07. The SMILES string of the molecule is CC(C(=O)O)N(C)C(=O)CSc1nnc(C2CC2)n1Cc1ccccc1. The summed E-state index contributed by atoms with van der Waals surface area (Å²) in [5.41, 5.74) is 1.15. The molecule has 1 N–H and O–H groups in total. The van der Waals surface area contributed by atoms with E-state index in [0.717, 1.165) is 24.2 Å². The van der Waals surface area contributed by atoms with E-state index in [-0.39, 0.29) is 11.7 Å². The van der Waals surface area contributed by atoms with E-state index in [2.05, 4.69) is 26.9 Å². The highest BCUT2D eigenvalue weighted by molar-refractivity contribution is 7.99. The number of likely N-dealkylation sites (N-methyl/N-ethyl adjacent to an activating group) is 1. The average Bonchev–Trinajstić information content (AvgIpc) is 3.41. The first-order valence-corrected chi connectivity index (χ1v) is 9.54. The number of carboxylic acid groups (broad SMARTS) is 1. The van der Waals surface area contributed by atoms with E-state index in [9.17, 15) is 9.59 Å². The Morgan fingerprint density at radius 1 is 1.31 bits per heavy atom. The predicted molar refractivity (Wildman–Crippen MR) is 98.1 cm³/mol. The van der Waals surface area contributed by atoms with E-state index in [1.165, 1.54) is 30.6 Å². The summed E-state index contributed by atoms with van der Waals surface area (Å²) >= 11 is 1.30. The van der Waals surface area contributed by atoms with Crippen molar-refractivity contribution in [3.63, 3.8) is 0 Å². The summed E-state index contributed by atoms with van der Waals surface area (Å²) in [6, 6.07) is 9.22. The van der Waals surface area contributed by atoms with Gasteiger partial charge in [0, 0.05) is 13.0 Å². The number of aromatic nitrogens is 3. The Bertz CT molecular complexity index is 789. The maximum absolute atomic E-state index is 12.3. The third-order valence-corrected chi connectivity index (χ3v) is 5.48. The summed E-state index contributed by atoms with van der Waals surface area (Å²) in [6.45, 7) is 2.16. The minimum atomic E-state index is -1.02. The minimum Gasteiger partial charge on any atom is -0.480 e. The van der Waals surface area contributed by atoms with Gasteiger partial charge in [0.15, 0.2) is 5.16 Å². The van der Waals surface area contributed by atoms with Gasteiger partial charge in [-0.3, -0.25) is 4.79 Å². The standard InChI is InChI=1S/C18H22N4O3S/c1-12(17(24)25)21(2)15(23)11-26-18-20-19-16(14-8-9-14)22(18)10-13-6-4-3-5-7-13/h3-7,12,14H,8-11H2,1-2H3,(H,24,25). The lowest BCUT2D eigenvalue weighted by Crippen LogP contribution is -2.41. The van der Waals surface area contributed by atoms with Crippen LogP contribution in [0, 0.1) is 0 Å². The van der Waals surface area contributed by atoms with Crippen LogP contribution in [0.15, 0.2) is 35.5 Å². The molecule has 0 saturated heterocycles. The maximum Gasteiger partial charge on any atom is 0.326 e. The molecule has 138 valence electrons. The lowest BCUT2D eigenvalue weighted by atomic mass is 10.2. The van der Waals surface area contributed by atoms with Crippen LogP contribution in [0.1, 0.15) is 37.1 Å². The van der Waals surface area contributed by atoms with Crippen molar-refractivity contribution in [2.24, 2.45) is 0 Å². The molecule has 1 aliphatic carbocycles. The van der Waals surface area contributed by atoms with Crippen molar-refractivity contribution in [3.8, 4) is 0 Å². The number of carbonyl (C=O) groups excluding carboxylic acids is 1. The zero-order valence-corrected chi connectivity index (χ0v) is 15.6. The van der Waals surface area contributed by atoms with E-state index >= 15 is 0 Å². The zero-order chi connectivity index (χ0) is 18.7. The van der Waals surface area contributed by atoms with E-state index < -0.39 is 12.0 Å². The molecule has 1 amide bonds. The molecule has 7 nitrogen and oxygen atoms in total. The first kappa shape index (κ1) is 18.4. The monoisotopic (exact) mass is 374 g/mol. The van der Waals surface area contributed by atoms with Crippen molar-refractivity contribution < 1.29 is 14.7 Å². The molecule has 1 saturated carbocycles. The number of carboxylic acids is 1. The second-order valence-corrected chi connectivity index (χ2v) is 7.44. The molecule has 26 heavy (non-hydrogen) atoms. The molecular weight excluding hydrogens is 352 g/mol. The second-order valence-electron chi connectivity index (χ2n) is 6.49. The molecule has 1 heterocycles. The molecule has 0 spiro atoms. The second kappa shape index (κ2) is 7.90. The van der Waals surface area contributed by atoms with E-state index in [1.807, 2.05) is 18.2 Å². The van der Waals surface area contributed by atoms with Crippen molar-refractivity contribution >= 4 is 23.6 Å². The number of benzene rings is 1. The Morgan fingerprint density at radius 2 is 2.00 bits per heavy atom. The molecule has 1 fully saturated rings. The van der Waals surface area contributed by atoms with Gasteiger partial charge in [-0.25, -0.2) is 4.79 Å². The van der Waals surface area contributed by atoms with Gasteiger partial charge in [0.25, 0.3) is 0 Å². The predicted octanol–water partition coefficient (Wildman–Crippen LogP) is 2.23. The fourth-order valence-corrected chi connectivity index (χ4v) is 3.44. The lowest BCUT2D eigenvalue weighted by molar-refractivity contribution is -0.147. The van der Waals surface area contributed by atoms with Crippen LogP contribution < -0.4 is 0 Å². The Hall–Kier alpha value is -2.35. The van der Waals surface area contributed by atoms with Gasteiger partial charge in [0.2, 0.25) is 5.91 Å². The Labute approximate surface area is 156 Å². The number of rotatable bonds is 8. The number of carbonyl (C=O) groups is 2. The number of hydrogen-bond acceptors (Lipinski definition) is 5. The van der Waals surface area contributed by atoms with Crippen LogP contribution in [0.25, 0.3) is 0 Å². The summed E-state index contributed by atoms with van der Waals surface area (Å²) in [6.07, 6.45) is 2.24. The van der Waals surface area contributed by atoms with Crippen molar-refractivity contribution in [2.45, 2.75) is 43.4 Å². The Balaban J connectivity index is 1.71. The van der Waals surface area contributed by atoms with Crippen LogP contribution in [-0.2, 0) is 16.1 Å². The van der Waals surface area contributed by atoms with Crippen LogP contribution in [-0.4, -0.2) is 55.5 Å². The first-order chi connectivity index (χ1) is 12.5. The van der Waals surface area contributed by atoms with E-state index in [0.29, 0.717) is 17.6 Å². The maximum atomic E-state index is 12.3. The number of aliphatic carboxylic acids is 1. The molecule has 0 radical (unpaired) electrons. The molecule has 1 aromatic carbocycles. The fraction of sp³-hybridized carbons (Fsp3) is 0.444. The Kier molecular flexibility index (Phi) is 5.61. The van der Waals surface area contributed by atoms with Crippen LogP contribution >= 0.6 is 11.8 Å². The number of thioether (sulfide) groups is 1. The summed E-state index contributed by atoms with van der Waals surface area (Å²) in [5.74, 6) is 0.286. The van der Waals surface area contributed by atoms with Gasteiger partial charge in [0.1, 0.15) is 11.9 Å². The summed E-state index contributed by atoms with van der Waals surface area (Å²) in [7, 11) is 1.51. The van der Waals surface area contributed by atoms with Crippen LogP contribution in [0.4, 0.5) is 0 Å². The number of hydrogen-bond donors (Lipinski definition) is 1. The molecule has 1 aromatic heterocycles. The van der Waals surface area contributed by atoms with Gasteiger partial charge in [0.05, 0.1) is 12.3 Å². The third-order valence-electron chi connectivity index (χ3n) is 4.53. The number of amides is 1. The van der Waals surface area contributed by atoms with Crippen molar-refractivity contribution in [2.75, 3.05) is 12.8 Å². The quantitative estimate of drug-likeness (QED) is 0.713. The highest BCUT2D eigenvalue weighted by Gasteiger charge is 2.31. The smallest absolute Gasteiger partial charge is 0.326 e. The van der Waals surface area contributed by atoms with Gasteiger partial charge in [-0.2, -0.15) is 0 Å². The van der Waals surface area contributed by atoms with Crippen LogP contribution in [0.3, 0.4) is 0 Å². The highest BCUT2D eigenvalue weighted by atomic mass is 32.2. The van der Waals surface area contributed by atoms with Crippen molar-refractivity contribution in [3.05, 3.63) is 41.7 Å². The van der Waals surface area contributed by atoms with E-state index in [1.54, 1.807) is 0 Å². The van der Waals surface area contributed by atoms with Gasteiger partial charge < -0.3 is 14.6 Å². The first-order valence-electron chi connectivity index (χ1n) is 8.55. The molecule has 8 heteroatoms. The molecule has 0 aliphatic heterocycles. The van der Waals surface area contributed by atoms with Crippen molar-refractivity contribution in [1.29, 1.82) is 0 Å². The lowest BCUT2D eigenvalue weighted by Gasteiger charge is -2.21. The molecule has 0 bridgehead atoms. The van der Waals surface area contributed by atoms with Crippen LogP contribution in [0.5, 0.6) is 0 Å². The average molecular weight is 374 g/mol. The largest absolute Gasteiger partial charge is 0.480 e. The summed E-state index contributed by atoms with van der Waals surface area (Å²) in [4.78, 5) is 24.5. The van der Waals surface area contributed by atoms with Gasteiger partial charge in [-0.15, -0.1) is 10.2 Å². The summed E-state index contributed by atoms with van der Waals surface area (Å²) in [5, 5.41) is 18.3. The highest BCUT2D eigenvalue weighted by Crippen LogP contribution is 2.40. The number of nitrogens with zero attached hydrogens (tertiary/aromatic N) is 4.